The van der Waals surface area contributed by atoms with E-state index in [0.29, 0.717) is 5.57 Å². The molecule has 7 nitrogen and oxygen atoms in total. The molecule has 0 bridgehead atoms. The van der Waals surface area contributed by atoms with Crippen LogP contribution in [0.25, 0.3) is 0 Å². The molecule has 0 aliphatic carbocycles. The lowest BCUT2D eigenvalue weighted by molar-refractivity contribution is -0.174. The molecular weight excluding hydrogens is 350 g/mol. The molecule has 0 aromatic rings. The first-order valence-corrected chi connectivity index (χ1v) is 9.10. The summed E-state index contributed by atoms with van der Waals surface area (Å²) in [6.45, 7) is 9.89. The number of rotatable bonds is 1. The van der Waals surface area contributed by atoms with Crippen molar-refractivity contribution in [3.63, 3.8) is 0 Å². The third kappa shape index (κ3) is 3.56. The highest BCUT2D eigenvalue weighted by atomic mass is 16.6. The third-order valence-electron chi connectivity index (χ3n) is 5.47. The predicted octanol–water partition coefficient (Wildman–Crippen LogP) is 1.68. The van der Waals surface area contributed by atoms with Gasteiger partial charge in [-0.2, -0.15) is 0 Å². The van der Waals surface area contributed by atoms with Gasteiger partial charge in [0.2, 0.25) is 5.60 Å². The number of esters is 3. The van der Waals surface area contributed by atoms with Gasteiger partial charge in [0, 0.05) is 32.0 Å². The van der Waals surface area contributed by atoms with E-state index in [1.807, 2.05) is 6.08 Å². The Labute approximate surface area is 158 Å². The summed E-state index contributed by atoms with van der Waals surface area (Å²) in [5, 5.41) is 0. The van der Waals surface area contributed by atoms with E-state index in [-0.39, 0.29) is 30.7 Å². The monoisotopic (exact) mass is 375 g/mol. The van der Waals surface area contributed by atoms with E-state index in [9.17, 15) is 14.4 Å². The van der Waals surface area contributed by atoms with Crippen LogP contribution in [0.4, 0.5) is 0 Å². The number of allylic oxidation sites excluding steroid dienone is 1. The van der Waals surface area contributed by atoms with Crippen molar-refractivity contribution >= 4 is 17.9 Å². The summed E-state index contributed by atoms with van der Waals surface area (Å²) in [4.78, 5) is 39.3. The van der Waals surface area contributed by atoms with Crippen molar-refractivity contribution < 1.29 is 28.6 Å². The lowest BCUT2D eigenvalue weighted by atomic mass is 9.90. The Morgan fingerprint density at radius 2 is 2.19 bits per heavy atom. The number of nitrogens with zero attached hydrogens (tertiary/aromatic N) is 1. The van der Waals surface area contributed by atoms with Crippen molar-refractivity contribution in [2.24, 2.45) is 0 Å². The van der Waals surface area contributed by atoms with Gasteiger partial charge < -0.3 is 14.2 Å². The zero-order valence-corrected chi connectivity index (χ0v) is 15.9. The highest BCUT2D eigenvalue weighted by molar-refractivity contribution is 5.91. The molecule has 2 unspecified atom stereocenters. The summed E-state index contributed by atoms with van der Waals surface area (Å²) < 4.78 is 16.6. The van der Waals surface area contributed by atoms with Gasteiger partial charge in [-0.25, -0.2) is 9.59 Å². The highest BCUT2D eigenvalue weighted by Gasteiger charge is 2.46. The van der Waals surface area contributed by atoms with Crippen molar-refractivity contribution in [2.75, 3.05) is 19.7 Å². The number of cyclic esters (lactones) is 1. The summed E-state index contributed by atoms with van der Waals surface area (Å²) in [5.74, 6) is -1.76. The van der Waals surface area contributed by atoms with Crippen LogP contribution in [0.3, 0.4) is 0 Å². The average Bonchev–Trinajstić information content (AvgIpc) is 3.18. The Morgan fingerprint density at radius 1 is 1.44 bits per heavy atom. The van der Waals surface area contributed by atoms with Crippen LogP contribution in [0.1, 0.15) is 33.6 Å². The van der Waals surface area contributed by atoms with Gasteiger partial charge in [0.05, 0.1) is 6.04 Å². The number of hydrogen-bond acceptors (Lipinski definition) is 7. The Morgan fingerprint density at radius 3 is 2.85 bits per heavy atom. The van der Waals surface area contributed by atoms with Gasteiger partial charge in [-0.05, 0) is 31.4 Å². The van der Waals surface area contributed by atoms with E-state index in [2.05, 4.69) is 11.5 Å². The molecule has 3 aliphatic heterocycles. The number of carbonyl (C=O) groups excluding carboxylic acids is 3. The Kier molecular flexibility index (Phi) is 5.24. The van der Waals surface area contributed by atoms with Crippen molar-refractivity contribution in [1.29, 1.82) is 0 Å². The summed E-state index contributed by atoms with van der Waals surface area (Å²) in [6, 6.07) is -0.0811. The molecule has 146 valence electrons. The van der Waals surface area contributed by atoms with Gasteiger partial charge in [-0.1, -0.05) is 18.7 Å². The van der Waals surface area contributed by atoms with Crippen LogP contribution >= 0.6 is 0 Å². The maximum atomic E-state index is 12.8. The van der Waals surface area contributed by atoms with Crippen molar-refractivity contribution in [2.45, 2.75) is 51.4 Å². The second kappa shape index (κ2) is 7.31. The first-order valence-electron chi connectivity index (χ1n) is 9.10. The van der Waals surface area contributed by atoms with E-state index in [1.165, 1.54) is 13.8 Å². The molecule has 0 saturated carbocycles. The minimum absolute atomic E-state index is 0.0536. The molecule has 3 aliphatic rings. The lowest BCUT2D eigenvalue weighted by Gasteiger charge is -2.31. The second-order valence-electron chi connectivity index (χ2n) is 7.25. The minimum atomic E-state index is -1.67. The minimum Gasteiger partial charge on any atom is -0.458 e. The van der Waals surface area contributed by atoms with Crippen LogP contribution in [-0.2, 0) is 28.6 Å². The predicted molar refractivity (Wildman–Crippen MR) is 96.6 cm³/mol. The fraction of sp³-hybridized carbons (Fsp3) is 0.550. The van der Waals surface area contributed by atoms with Gasteiger partial charge in [0.1, 0.15) is 12.7 Å². The Balaban J connectivity index is 1.95. The smallest absolute Gasteiger partial charge is 0.355 e. The normalized spacial score (nSPS) is 33.5. The summed E-state index contributed by atoms with van der Waals surface area (Å²) in [5.41, 5.74) is -0.142. The molecular formula is C20H25NO6. The fourth-order valence-electron chi connectivity index (χ4n) is 3.86. The van der Waals surface area contributed by atoms with Crippen LogP contribution < -0.4 is 0 Å². The Bertz CT molecular complexity index is 752. The van der Waals surface area contributed by atoms with E-state index < -0.39 is 23.5 Å². The second-order valence-corrected chi connectivity index (χ2v) is 7.25. The quantitative estimate of drug-likeness (QED) is 0.298. The standard InChI is InChI=1S/C20H25NO6/c1-5-14-10-12(2)20(4,27-13(3)22)19(24)25-11-15-6-8-21-9-7-16(17(15)21)26-18(14)23/h5-6,16-17H,2,7-11H2,1,3-4H3/t16?,17?,20-/m1/s1. The molecule has 0 amide bonds. The largest absolute Gasteiger partial charge is 0.458 e. The molecule has 0 N–H and O–H groups in total. The zero-order chi connectivity index (χ0) is 19.8. The molecule has 3 heterocycles. The van der Waals surface area contributed by atoms with Crippen LogP contribution in [-0.4, -0.2) is 60.3 Å². The molecule has 27 heavy (non-hydrogen) atoms. The lowest BCUT2D eigenvalue weighted by Crippen LogP contribution is -2.45. The Hall–Kier alpha value is -2.41. The summed E-state index contributed by atoms with van der Waals surface area (Å²) >= 11 is 0. The van der Waals surface area contributed by atoms with Crippen LogP contribution in [0.15, 0.2) is 35.5 Å². The van der Waals surface area contributed by atoms with Crippen LogP contribution in [0.2, 0.25) is 0 Å². The first kappa shape index (κ1) is 19.4. The van der Waals surface area contributed by atoms with Gasteiger partial charge in [-0.15, -0.1) is 0 Å². The van der Waals surface area contributed by atoms with E-state index in [1.54, 1.807) is 13.0 Å². The van der Waals surface area contributed by atoms with Gasteiger partial charge in [-0.3, -0.25) is 9.69 Å². The van der Waals surface area contributed by atoms with Gasteiger partial charge >= 0.3 is 17.9 Å². The summed E-state index contributed by atoms with van der Waals surface area (Å²) in [7, 11) is 0. The molecule has 0 radical (unpaired) electrons. The first-order chi connectivity index (χ1) is 12.8. The maximum Gasteiger partial charge on any atom is 0.355 e. The molecule has 2 saturated heterocycles. The molecule has 3 rings (SSSR count). The fourth-order valence-corrected chi connectivity index (χ4v) is 3.86. The topological polar surface area (TPSA) is 82.1 Å². The van der Waals surface area contributed by atoms with E-state index >= 15 is 0 Å². The highest BCUT2D eigenvalue weighted by Crippen LogP contribution is 2.34. The molecule has 0 aromatic heterocycles. The molecule has 3 atom stereocenters. The molecule has 0 spiro atoms. The van der Waals surface area contributed by atoms with Crippen molar-refractivity contribution in [1.82, 2.24) is 4.90 Å². The van der Waals surface area contributed by atoms with E-state index in [0.717, 1.165) is 25.1 Å². The zero-order valence-electron chi connectivity index (χ0n) is 15.9. The maximum absolute atomic E-state index is 12.8. The van der Waals surface area contributed by atoms with Crippen LogP contribution in [0.5, 0.6) is 0 Å². The third-order valence-corrected chi connectivity index (χ3v) is 5.47. The molecule has 7 heteroatoms. The van der Waals surface area contributed by atoms with E-state index in [4.69, 9.17) is 14.2 Å². The van der Waals surface area contributed by atoms with Gasteiger partial charge in [0.15, 0.2) is 0 Å². The molecule has 2 fully saturated rings. The summed E-state index contributed by atoms with van der Waals surface area (Å²) in [6.07, 6.45) is 4.16. The number of hydrogen-bond donors (Lipinski definition) is 0. The van der Waals surface area contributed by atoms with Crippen LogP contribution in [0, 0.1) is 0 Å². The van der Waals surface area contributed by atoms with Crippen molar-refractivity contribution in [3.8, 4) is 0 Å². The van der Waals surface area contributed by atoms with Gasteiger partial charge in [0.25, 0.3) is 0 Å². The number of carbonyl (C=O) groups is 3. The van der Waals surface area contributed by atoms with Crippen molar-refractivity contribution in [3.05, 3.63) is 35.5 Å². The number of ether oxygens (including phenoxy) is 3. The molecule has 0 aromatic carbocycles. The average molecular weight is 375 g/mol. The SMILES string of the molecule is C=C1CC(=CC)C(=O)OC2CCN3CC=C(COC(=O)[C@]1(C)OC(C)=O)C23.